The van der Waals surface area contributed by atoms with E-state index < -0.39 is 6.04 Å². The first-order chi connectivity index (χ1) is 5.63. The van der Waals surface area contributed by atoms with Crippen LogP contribution in [0.25, 0.3) is 0 Å². The number of esters is 1. The van der Waals surface area contributed by atoms with Gasteiger partial charge >= 0.3 is 5.97 Å². The molecule has 1 saturated heterocycles. The van der Waals surface area contributed by atoms with Gasteiger partial charge in [0.25, 0.3) is 0 Å². The number of piperidine rings is 1. The van der Waals surface area contributed by atoms with Gasteiger partial charge in [-0.3, -0.25) is 4.79 Å². The fourth-order valence-electron chi connectivity index (χ4n) is 1.41. The van der Waals surface area contributed by atoms with Crippen LogP contribution in [0.2, 0.25) is 0 Å². The molecule has 1 amide bonds. The Morgan fingerprint density at radius 3 is 2.83 bits per heavy atom. The summed E-state index contributed by atoms with van der Waals surface area (Å²) in [7, 11) is 1.33. The quantitative estimate of drug-likeness (QED) is 0.568. The van der Waals surface area contributed by atoms with Crippen LogP contribution in [0.5, 0.6) is 0 Å². The lowest BCUT2D eigenvalue weighted by Gasteiger charge is -2.25. The van der Waals surface area contributed by atoms with Gasteiger partial charge in [0.1, 0.15) is 6.04 Å². The zero-order valence-electron chi connectivity index (χ0n) is 7.29. The maximum Gasteiger partial charge on any atom is 0.328 e. The molecule has 4 heteroatoms. The van der Waals surface area contributed by atoms with E-state index in [-0.39, 0.29) is 17.8 Å². The van der Waals surface area contributed by atoms with Crippen LogP contribution in [0.15, 0.2) is 0 Å². The summed E-state index contributed by atoms with van der Waals surface area (Å²) in [5, 5.41) is 2.58. The molecule has 0 aromatic carbocycles. The summed E-state index contributed by atoms with van der Waals surface area (Å²) in [5.41, 5.74) is 0. The van der Waals surface area contributed by atoms with Gasteiger partial charge in [0.05, 0.1) is 7.11 Å². The molecule has 2 atom stereocenters. The summed E-state index contributed by atoms with van der Waals surface area (Å²) in [4.78, 5) is 22.0. The van der Waals surface area contributed by atoms with E-state index in [1.807, 2.05) is 6.92 Å². The SMILES string of the molecule is COC(=O)[C@@H]1C[C@H](C)CC(=O)N1. The maximum absolute atomic E-state index is 11.0. The van der Waals surface area contributed by atoms with Crippen LogP contribution in [0.1, 0.15) is 19.8 Å². The van der Waals surface area contributed by atoms with Gasteiger partial charge in [-0.2, -0.15) is 0 Å². The average Bonchev–Trinajstić information content (AvgIpc) is 2.01. The van der Waals surface area contributed by atoms with Crippen LogP contribution in [0.4, 0.5) is 0 Å². The molecule has 1 fully saturated rings. The van der Waals surface area contributed by atoms with E-state index in [1.165, 1.54) is 7.11 Å². The van der Waals surface area contributed by atoms with Crippen molar-refractivity contribution in [2.75, 3.05) is 7.11 Å². The summed E-state index contributed by atoms with van der Waals surface area (Å²) in [5.74, 6) is -0.151. The molecule has 0 saturated carbocycles. The van der Waals surface area contributed by atoms with Crippen molar-refractivity contribution in [2.24, 2.45) is 5.92 Å². The first-order valence-corrected chi connectivity index (χ1v) is 4.00. The van der Waals surface area contributed by atoms with Crippen molar-refractivity contribution >= 4 is 11.9 Å². The zero-order chi connectivity index (χ0) is 9.14. The summed E-state index contributed by atoms with van der Waals surface area (Å²) >= 11 is 0. The van der Waals surface area contributed by atoms with Gasteiger partial charge in [0.15, 0.2) is 0 Å². The van der Waals surface area contributed by atoms with Crippen LogP contribution >= 0.6 is 0 Å². The van der Waals surface area contributed by atoms with Crippen molar-refractivity contribution < 1.29 is 14.3 Å². The van der Waals surface area contributed by atoms with Crippen molar-refractivity contribution in [3.05, 3.63) is 0 Å². The van der Waals surface area contributed by atoms with E-state index in [4.69, 9.17) is 0 Å². The third kappa shape index (κ3) is 1.96. The highest BCUT2D eigenvalue weighted by Crippen LogP contribution is 2.16. The Morgan fingerprint density at radius 1 is 1.67 bits per heavy atom. The predicted octanol–water partition coefficient (Wildman–Crippen LogP) is 0.0741. The second-order valence-electron chi connectivity index (χ2n) is 3.19. The van der Waals surface area contributed by atoms with E-state index in [9.17, 15) is 9.59 Å². The maximum atomic E-state index is 11.0. The first-order valence-electron chi connectivity index (χ1n) is 4.00. The molecular weight excluding hydrogens is 158 g/mol. The number of amides is 1. The Kier molecular flexibility index (Phi) is 2.68. The fourth-order valence-corrected chi connectivity index (χ4v) is 1.41. The van der Waals surface area contributed by atoms with Gasteiger partial charge in [-0.15, -0.1) is 0 Å². The van der Waals surface area contributed by atoms with Crippen LogP contribution in [0, 0.1) is 5.92 Å². The van der Waals surface area contributed by atoms with Gasteiger partial charge in [-0.1, -0.05) is 6.92 Å². The van der Waals surface area contributed by atoms with Crippen LogP contribution < -0.4 is 5.32 Å². The normalized spacial score (nSPS) is 29.3. The van der Waals surface area contributed by atoms with Gasteiger partial charge in [0, 0.05) is 6.42 Å². The molecule has 1 N–H and O–H groups in total. The van der Waals surface area contributed by atoms with E-state index in [2.05, 4.69) is 10.1 Å². The molecule has 1 aliphatic heterocycles. The van der Waals surface area contributed by atoms with Crippen molar-refractivity contribution in [1.82, 2.24) is 5.32 Å². The number of ether oxygens (including phenoxy) is 1. The summed E-state index contributed by atoms with van der Waals surface area (Å²) in [6.07, 6.45) is 1.19. The van der Waals surface area contributed by atoms with Crippen LogP contribution in [-0.2, 0) is 14.3 Å². The number of carbonyl (C=O) groups excluding carboxylic acids is 2. The molecular formula is C8H13NO3. The highest BCUT2D eigenvalue weighted by Gasteiger charge is 2.29. The number of hydrogen-bond donors (Lipinski definition) is 1. The summed E-state index contributed by atoms with van der Waals surface area (Å²) in [6, 6.07) is -0.439. The molecule has 68 valence electrons. The molecule has 1 heterocycles. The second-order valence-corrected chi connectivity index (χ2v) is 3.19. The lowest BCUT2D eigenvalue weighted by molar-refractivity contribution is -0.147. The van der Waals surface area contributed by atoms with Crippen molar-refractivity contribution in [3.63, 3.8) is 0 Å². The van der Waals surface area contributed by atoms with Gasteiger partial charge < -0.3 is 10.1 Å². The monoisotopic (exact) mass is 171 g/mol. The Balaban J connectivity index is 2.55. The molecule has 0 unspecified atom stereocenters. The zero-order valence-corrected chi connectivity index (χ0v) is 7.29. The van der Waals surface area contributed by atoms with E-state index in [0.717, 1.165) is 0 Å². The van der Waals surface area contributed by atoms with Crippen molar-refractivity contribution in [3.8, 4) is 0 Å². The van der Waals surface area contributed by atoms with Gasteiger partial charge in [0.2, 0.25) is 5.91 Å². The Labute approximate surface area is 71.3 Å². The molecule has 0 radical (unpaired) electrons. The molecule has 12 heavy (non-hydrogen) atoms. The lowest BCUT2D eigenvalue weighted by Crippen LogP contribution is -2.46. The predicted molar refractivity (Wildman–Crippen MR) is 42.3 cm³/mol. The molecule has 1 aliphatic rings. The molecule has 0 spiro atoms. The van der Waals surface area contributed by atoms with E-state index in [1.54, 1.807) is 0 Å². The van der Waals surface area contributed by atoms with Crippen LogP contribution in [-0.4, -0.2) is 25.0 Å². The molecule has 0 aromatic rings. The molecule has 4 nitrogen and oxygen atoms in total. The topological polar surface area (TPSA) is 55.4 Å². The highest BCUT2D eigenvalue weighted by atomic mass is 16.5. The molecule has 0 bridgehead atoms. The van der Waals surface area contributed by atoms with E-state index >= 15 is 0 Å². The fraction of sp³-hybridized carbons (Fsp3) is 0.750. The standard InChI is InChI=1S/C8H13NO3/c1-5-3-6(8(11)12-2)9-7(10)4-5/h5-6H,3-4H2,1-2H3,(H,9,10)/t5-,6-/m0/s1. The first kappa shape index (κ1) is 9.03. The van der Waals surface area contributed by atoms with Crippen molar-refractivity contribution in [2.45, 2.75) is 25.8 Å². The minimum atomic E-state index is -0.439. The minimum Gasteiger partial charge on any atom is -0.467 e. The molecule has 0 aliphatic carbocycles. The number of rotatable bonds is 1. The molecule has 0 aromatic heterocycles. The summed E-state index contributed by atoms with van der Waals surface area (Å²) in [6.45, 7) is 1.95. The Morgan fingerprint density at radius 2 is 2.33 bits per heavy atom. The van der Waals surface area contributed by atoms with Gasteiger partial charge in [-0.25, -0.2) is 4.79 Å². The van der Waals surface area contributed by atoms with E-state index in [0.29, 0.717) is 12.8 Å². The number of carbonyl (C=O) groups is 2. The number of methoxy groups -OCH3 is 1. The Bertz CT molecular complexity index is 202. The van der Waals surface area contributed by atoms with Gasteiger partial charge in [-0.05, 0) is 12.3 Å². The number of hydrogen-bond acceptors (Lipinski definition) is 3. The number of nitrogens with one attached hydrogen (secondary N) is 1. The smallest absolute Gasteiger partial charge is 0.328 e. The van der Waals surface area contributed by atoms with Crippen LogP contribution in [0.3, 0.4) is 0 Å². The third-order valence-corrected chi connectivity index (χ3v) is 1.99. The molecule has 1 rings (SSSR count). The Hall–Kier alpha value is -1.06. The second kappa shape index (κ2) is 3.56. The largest absolute Gasteiger partial charge is 0.467 e. The average molecular weight is 171 g/mol. The highest BCUT2D eigenvalue weighted by molar-refractivity contribution is 5.85. The van der Waals surface area contributed by atoms with Crippen molar-refractivity contribution in [1.29, 1.82) is 0 Å². The minimum absolute atomic E-state index is 0.0656. The summed E-state index contributed by atoms with van der Waals surface area (Å²) < 4.78 is 4.53. The third-order valence-electron chi connectivity index (χ3n) is 1.99. The lowest BCUT2D eigenvalue weighted by atomic mass is 9.94.